The summed E-state index contributed by atoms with van der Waals surface area (Å²) >= 11 is 0. The summed E-state index contributed by atoms with van der Waals surface area (Å²) in [6.45, 7) is 5.30. The molecule has 0 amide bonds. The van der Waals surface area contributed by atoms with E-state index in [1.54, 1.807) is 7.11 Å². The van der Waals surface area contributed by atoms with E-state index in [4.69, 9.17) is 9.47 Å². The van der Waals surface area contributed by atoms with E-state index in [0.29, 0.717) is 12.0 Å². The second-order valence-electron chi connectivity index (χ2n) is 9.25. The third-order valence-corrected chi connectivity index (χ3v) is 7.32. The number of esters is 1. The topological polar surface area (TPSA) is 35.5 Å². The molecule has 3 atom stereocenters. The molecule has 0 heterocycles. The fraction of sp³-hybridized carbons (Fsp3) is 0.958. The Kier molecular flexibility index (Phi) is 10.2. The fourth-order valence-electron chi connectivity index (χ4n) is 5.45. The van der Waals surface area contributed by atoms with E-state index in [2.05, 4.69) is 13.8 Å². The molecule has 3 nitrogen and oxygen atoms in total. The van der Waals surface area contributed by atoms with Crippen LogP contribution in [0.15, 0.2) is 0 Å². The molecule has 2 fully saturated rings. The monoisotopic (exact) mass is 380 g/mol. The highest BCUT2D eigenvalue weighted by Gasteiger charge is 2.41. The smallest absolute Gasteiger partial charge is 0.311 e. The van der Waals surface area contributed by atoms with Gasteiger partial charge in [0, 0.05) is 6.61 Å². The number of hydrogen-bond donors (Lipinski definition) is 0. The van der Waals surface area contributed by atoms with Crippen LogP contribution in [0.4, 0.5) is 0 Å². The van der Waals surface area contributed by atoms with Gasteiger partial charge in [-0.25, -0.2) is 0 Å². The van der Waals surface area contributed by atoms with Crippen LogP contribution in [0.1, 0.15) is 110 Å². The van der Waals surface area contributed by atoms with E-state index in [0.717, 1.165) is 44.6 Å². The molecule has 0 aliphatic heterocycles. The van der Waals surface area contributed by atoms with E-state index in [1.165, 1.54) is 64.2 Å². The van der Waals surface area contributed by atoms with Crippen LogP contribution in [0.25, 0.3) is 0 Å². The number of ether oxygens (including phenoxy) is 2. The Bertz CT molecular complexity index is 416. The highest BCUT2D eigenvalue weighted by atomic mass is 16.5. The Labute approximate surface area is 168 Å². The largest absolute Gasteiger partial charge is 0.469 e. The van der Waals surface area contributed by atoms with Gasteiger partial charge in [0.1, 0.15) is 0 Å². The molecule has 1 unspecified atom stereocenters. The summed E-state index contributed by atoms with van der Waals surface area (Å²) in [4.78, 5) is 12.9. The zero-order valence-electron chi connectivity index (χ0n) is 18.3. The lowest BCUT2D eigenvalue weighted by atomic mass is 9.68. The van der Waals surface area contributed by atoms with Gasteiger partial charge in [-0.15, -0.1) is 0 Å². The van der Waals surface area contributed by atoms with Gasteiger partial charge in [0.05, 0.1) is 18.6 Å². The average molecular weight is 381 g/mol. The maximum absolute atomic E-state index is 12.9. The van der Waals surface area contributed by atoms with Crippen LogP contribution in [0.2, 0.25) is 0 Å². The maximum Gasteiger partial charge on any atom is 0.311 e. The van der Waals surface area contributed by atoms with Gasteiger partial charge in [-0.1, -0.05) is 65.2 Å². The lowest BCUT2D eigenvalue weighted by molar-refractivity contribution is -0.155. The van der Waals surface area contributed by atoms with Crippen molar-refractivity contribution in [1.29, 1.82) is 0 Å². The maximum atomic E-state index is 12.9. The van der Waals surface area contributed by atoms with Gasteiger partial charge in [-0.05, 0) is 56.8 Å². The second-order valence-corrected chi connectivity index (χ2v) is 9.25. The molecule has 0 aromatic rings. The van der Waals surface area contributed by atoms with Gasteiger partial charge in [0.15, 0.2) is 0 Å². The van der Waals surface area contributed by atoms with Crippen LogP contribution in [-0.2, 0) is 14.3 Å². The highest BCUT2D eigenvalue weighted by Crippen LogP contribution is 2.43. The minimum atomic E-state index is -0.276. The molecule has 0 saturated heterocycles. The number of carbonyl (C=O) groups excluding carboxylic acids is 1. The van der Waals surface area contributed by atoms with Crippen molar-refractivity contribution in [3.8, 4) is 0 Å². The number of carbonyl (C=O) groups is 1. The van der Waals surface area contributed by atoms with Crippen LogP contribution < -0.4 is 0 Å². The molecule has 2 aliphatic rings. The molecule has 2 rings (SSSR count). The number of methoxy groups -OCH3 is 1. The summed E-state index contributed by atoms with van der Waals surface area (Å²) in [5.41, 5.74) is -0.276. The molecule has 0 bridgehead atoms. The zero-order chi connectivity index (χ0) is 19.5. The van der Waals surface area contributed by atoms with Crippen LogP contribution >= 0.6 is 0 Å². The molecule has 0 radical (unpaired) electrons. The van der Waals surface area contributed by atoms with Gasteiger partial charge in [-0.3, -0.25) is 4.79 Å². The lowest BCUT2D eigenvalue weighted by Crippen LogP contribution is -2.36. The first-order valence-corrected chi connectivity index (χ1v) is 11.8. The standard InChI is InChI=1S/C24H44O3/c1-4-6-17-27-22-14-10-13-21(18-22)19-24(5-2,23(25)26-3)16-15-20-11-8-7-9-12-20/h20-22H,4-19H2,1-3H3/t21?,22-,24+/m1/s1. The third-order valence-electron chi connectivity index (χ3n) is 7.32. The quantitative estimate of drug-likeness (QED) is 0.296. The van der Waals surface area contributed by atoms with Crippen molar-refractivity contribution in [3.05, 3.63) is 0 Å². The number of rotatable bonds is 11. The van der Waals surface area contributed by atoms with Crippen LogP contribution in [0, 0.1) is 17.3 Å². The minimum absolute atomic E-state index is 0.0369. The first kappa shape index (κ1) is 22.7. The van der Waals surface area contributed by atoms with Gasteiger partial charge in [0.25, 0.3) is 0 Å². The molecule has 27 heavy (non-hydrogen) atoms. The second kappa shape index (κ2) is 12.1. The average Bonchev–Trinajstić information content (AvgIpc) is 2.72. The van der Waals surface area contributed by atoms with E-state index in [9.17, 15) is 4.79 Å². The van der Waals surface area contributed by atoms with E-state index < -0.39 is 0 Å². The molecule has 0 aromatic heterocycles. The Hall–Kier alpha value is -0.570. The van der Waals surface area contributed by atoms with Crippen LogP contribution in [-0.4, -0.2) is 25.8 Å². The van der Waals surface area contributed by atoms with Gasteiger partial charge < -0.3 is 9.47 Å². The third kappa shape index (κ3) is 7.07. The molecule has 2 saturated carbocycles. The highest BCUT2D eigenvalue weighted by molar-refractivity contribution is 5.76. The van der Waals surface area contributed by atoms with Gasteiger partial charge >= 0.3 is 5.97 Å². The van der Waals surface area contributed by atoms with E-state index in [-0.39, 0.29) is 11.4 Å². The number of unbranched alkanes of at least 4 members (excludes halogenated alkanes) is 1. The summed E-state index contributed by atoms with van der Waals surface area (Å²) in [7, 11) is 1.57. The lowest BCUT2D eigenvalue weighted by Gasteiger charge is -2.38. The molecule has 0 spiro atoms. The molecule has 158 valence electrons. The summed E-state index contributed by atoms with van der Waals surface area (Å²) < 4.78 is 11.5. The first-order chi connectivity index (χ1) is 13.1. The number of hydrogen-bond acceptors (Lipinski definition) is 3. The van der Waals surface area contributed by atoms with Crippen molar-refractivity contribution < 1.29 is 14.3 Å². The summed E-state index contributed by atoms with van der Waals surface area (Å²) in [5, 5.41) is 0. The Morgan fingerprint density at radius 2 is 1.74 bits per heavy atom. The van der Waals surface area contributed by atoms with Crippen LogP contribution in [0.3, 0.4) is 0 Å². The minimum Gasteiger partial charge on any atom is -0.469 e. The predicted molar refractivity (Wildman–Crippen MR) is 112 cm³/mol. The van der Waals surface area contributed by atoms with E-state index in [1.807, 2.05) is 0 Å². The van der Waals surface area contributed by atoms with Crippen molar-refractivity contribution >= 4 is 5.97 Å². The zero-order valence-corrected chi connectivity index (χ0v) is 18.3. The van der Waals surface area contributed by atoms with Crippen LogP contribution in [0.5, 0.6) is 0 Å². The van der Waals surface area contributed by atoms with Crippen molar-refractivity contribution in [2.75, 3.05) is 13.7 Å². The fourth-order valence-corrected chi connectivity index (χ4v) is 5.45. The first-order valence-electron chi connectivity index (χ1n) is 11.8. The molecule has 0 N–H and O–H groups in total. The summed E-state index contributed by atoms with van der Waals surface area (Å²) in [5.74, 6) is 1.47. The normalized spacial score (nSPS) is 26.5. The van der Waals surface area contributed by atoms with Crippen molar-refractivity contribution in [2.45, 2.75) is 116 Å². The Balaban J connectivity index is 1.94. The SMILES string of the molecule is CCCCO[C@@H]1CCCC(C[C@](CC)(CCC2CCCCC2)C(=O)OC)C1. The summed E-state index contributed by atoms with van der Waals surface area (Å²) in [6.07, 6.45) is 18.5. The summed E-state index contributed by atoms with van der Waals surface area (Å²) in [6, 6.07) is 0. The van der Waals surface area contributed by atoms with Crippen molar-refractivity contribution in [3.63, 3.8) is 0 Å². The van der Waals surface area contributed by atoms with Crippen molar-refractivity contribution in [1.82, 2.24) is 0 Å². The predicted octanol–water partition coefficient (Wildman–Crippen LogP) is 6.68. The molecule has 2 aliphatic carbocycles. The molecule has 0 aromatic carbocycles. The molecular weight excluding hydrogens is 336 g/mol. The Morgan fingerprint density at radius 3 is 2.41 bits per heavy atom. The van der Waals surface area contributed by atoms with E-state index >= 15 is 0 Å². The van der Waals surface area contributed by atoms with Gasteiger partial charge in [-0.2, -0.15) is 0 Å². The molecular formula is C24H44O3. The van der Waals surface area contributed by atoms with Crippen molar-refractivity contribution in [2.24, 2.45) is 17.3 Å². The molecule has 3 heteroatoms. The Morgan fingerprint density at radius 1 is 1.00 bits per heavy atom. The van der Waals surface area contributed by atoms with Gasteiger partial charge in [0.2, 0.25) is 0 Å².